The molecular formula is C11H15ClN2O3S. The Hall–Kier alpha value is -1.11. The number of amides is 1. The normalized spacial score (nSPS) is 11.7. The average Bonchev–Trinajstić information content (AvgIpc) is 2.28. The summed E-state index contributed by atoms with van der Waals surface area (Å²) >= 11 is 5.88. The first-order valence-electron chi connectivity index (χ1n) is 5.11. The summed E-state index contributed by atoms with van der Waals surface area (Å²) in [5, 5.41) is 0.0963. The van der Waals surface area contributed by atoms with Gasteiger partial charge in [0.25, 0.3) is 5.91 Å². The van der Waals surface area contributed by atoms with E-state index in [1.165, 1.54) is 37.2 Å². The zero-order valence-electron chi connectivity index (χ0n) is 10.6. The maximum atomic E-state index is 12.0. The molecule has 5 nitrogen and oxygen atoms in total. The molecule has 0 bridgehead atoms. The first-order chi connectivity index (χ1) is 8.17. The van der Waals surface area contributed by atoms with Gasteiger partial charge in [-0.2, -0.15) is 0 Å². The van der Waals surface area contributed by atoms with E-state index < -0.39 is 10.0 Å². The maximum Gasteiger partial charge on any atom is 0.253 e. The van der Waals surface area contributed by atoms with Gasteiger partial charge in [-0.15, -0.1) is 0 Å². The molecule has 0 unspecified atom stereocenters. The minimum atomic E-state index is -3.66. The van der Waals surface area contributed by atoms with Crippen LogP contribution in [0.1, 0.15) is 10.4 Å². The zero-order chi connectivity index (χ0) is 14.1. The van der Waals surface area contributed by atoms with Gasteiger partial charge >= 0.3 is 0 Å². The van der Waals surface area contributed by atoms with Crippen molar-refractivity contribution in [3.8, 4) is 0 Å². The fourth-order valence-corrected chi connectivity index (χ4v) is 2.68. The third-order valence-corrected chi connectivity index (χ3v) is 4.64. The predicted molar refractivity (Wildman–Crippen MR) is 70.3 cm³/mol. The molecule has 100 valence electrons. The van der Waals surface area contributed by atoms with Crippen molar-refractivity contribution in [2.75, 3.05) is 28.2 Å². The Morgan fingerprint density at radius 1 is 1.17 bits per heavy atom. The zero-order valence-corrected chi connectivity index (χ0v) is 12.2. The molecule has 0 heterocycles. The van der Waals surface area contributed by atoms with Crippen molar-refractivity contribution < 1.29 is 13.2 Å². The topological polar surface area (TPSA) is 57.7 Å². The van der Waals surface area contributed by atoms with E-state index in [1.807, 2.05) is 0 Å². The smallest absolute Gasteiger partial charge is 0.253 e. The highest BCUT2D eigenvalue weighted by molar-refractivity contribution is 7.89. The molecule has 0 aromatic heterocycles. The van der Waals surface area contributed by atoms with Crippen LogP contribution in [0.4, 0.5) is 0 Å². The van der Waals surface area contributed by atoms with E-state index >= 15 is 0 Å². The molecule has 1 aromatic carbocycles. The summed E-state index contributed by atoms with van der Waals surface area (Å²) in [6.07, 6.45) is 0. The number of sulfonamides is 1. The molecule has 0 atom stereocenters. The first-order valence-corrected chi connectivity index (χ1v) is 6.93. The standard InChI is InChI=1S/C11H15ClN2O3S/c1-13(2)11(15)8-5-6-9(12)10(7-8)18(16,17)14(3)4/h5-7H,1-4H3. The van der Waals surface area contributed by atoms with E-state index in [0.717, 1.165) is 4.31 Å². The SMILES string of the molecule is CN(C)C(=O)c1ccc(Cl)c(S(=O)(=O)N(C)C)c1. The summed E-state index contributed by atoms with van der Waals surface area (Å²) in [6, 6.07) is 4.20. The molecule has 0 fully saturated rings. The largest absolute Gasteiger partial charge is 0.345 e. The van der Waals surface area contributed by atoms with Crippen LogP contribution in [0.3, 0.4) is 0 Å². The molecule has 1 rings (SSSR count). The van der Waals surface area contributed by atoms with Gasteiger partial charge in [0.15, 0.2) is 0 Å². The Labute approximate surface area is 112 Å². The van der Waals surface area contributed by atoms with Crippen LogP contribution < -0.4 is 0 Å². The van der Waals surface area contributed by atoms with Crippen LogP contribution in [-0.4, -0.2) is 51.7 Å². The highest BCUT2D eigenvalue weighted by atomic mass is 35.5. The van der Waals surface area contributed by atoms with E-state index in [1.54, 1.807) is 14.1 Å². The van der Waals surface area contributed by atoms with Crippen LogP contribution in [0, 0.1) is 0 Å². The summed E-state index contributed by atoms with van der Waals surface area (Å²) < 4.78 is 25.1. The lowest BCUT2D eigenvalue weighted by molar-refractivity contribution is 0.0827. The van der Waals surface area contributed by atoms with E-state index in [4.69, 9.17) is 11.6 Å². The number of hydrogen-bond acceptors (Lipinski definition) is 3. The number of hydrogen-bond donors (Lipinski definition) is 0. The average molecular weight is 291 g/mol. The first kappa shape index (κ1) is 14.9. The van der Waals surface area contributed by atoms with E-state index in [0.29, 0.717) is 0 Å². The highest BCUT2D eigenvalue weighted by Crippen LogP contribution is 2.25. The van der Waals surface area contributed by atoms with Gasteiger partial charge in [0, 0.05) is 33.8 Å². The monoisotopic (exact) mass is 290 g/mol. The van der Waals surface area contributed by atoms with Crippen molar-refractivity contribution in [2.24, 2.45) is 0 Å². The minimum Gasteiger partial charge on any atom is -0.345 e. The van der Waals surface area contributed by atoms with Crippen molar-refractivity contribution in [3.63, 3.8) is 0 Å². The van der Waals surface area contributed by atoms with Crippen molar-refractivity contribution in [1.29, 1.82) is 0 Å². The van der Waals surface area contributed by atoms with Gasteiger partial charge in [-0.1, -0.05) is 11.6 Å². The number of rotatable bonds is 3. The molecule has 0 radical (unpaired) electrons. The molecule has 0 aliphatic heterocycles. The van der Waals surface area contributed by atoms with Gasteiger partial charge in [0.05, 0.1) is 5.02 Å². The Balaban J connectivity index is 3.39. The fraction of sp³-hybridized carbons (Fsp3) is 0.364. The third kappa shape index (κ3) is 2.82. The second-order valence-electron chi connectivity index (χ2n) is 4.13. The highest BCUT2D eigenvalue weighted by Gasteiger charge is 2.22. The lowest BCUT2D eigenvalue weighted by Crippen LogP contribution is -2.24. The van der Waals surface area contributed by atoms with Gasteiger partial charge in [0.2, 0.25) is 10.0 Å². The molecule has 0 spiro atoms. The molecule has 18 heavy (non-hydrogen) atoms. The molecule has 0 aliphatic carbocycles. The molecule has 1 aromatic rings. The van der Waals surface area contributed by atoms with E-state index in [-0.39, 0.29) is 21.4 Å². The summed E-state index contributed by atoms with van der Waals surface area (Å²) in [6.45, 7) is 0. The quantitative estimate of drug-likeness (QED) is 0.843. The fourth-order valence-electron chi connectivity index (χ4n) is 1.29. The molecule has 0 saturated carbocycles. The van der Waals surface area contributed by atoms with E-state index in [9.17, 15) is 13.2 Å². The van der Waals surface area contributed by atoms with Crippen LogP contribution in [0.15, 0.2) is 23.1 Å². The number of benzene rings is 1. The van der Waals surface area contributed by atoms with Gasteiger partial charge in [-0.05, 0) is 18.2 Å². The van der Waals surface area contributed by atoms with Gasteiger partial charge < -0.3 is 4.90 Å². The Morgan fingerprint density at radius 2 is 1.72 bits per heavy atom. The number of halogens is 1. The van der Waals surface area contributed by atoms with Crippen LogP contribution >= 0.6 is 11.6 Å². The van der Waals surface area contributed by atoms with Crippen molar-refractivity contribution >= 4 is 27.5 Å². The van der Waals surface area contributed by atoms with Crippen LogP contribution in [0.5, 0.6) is 0 Å². The number of carbonyl (C=O) groups excluding carboxylic acids is 1. The predicted octanol–water partition coefficient (Wildman–Crippen LogP) is 1.29. The Morgan fingerprint density at radius 3 is 2.17 bits per heavy atom. The second kappa shape index (κ2) is 5.26. The molecule has 0 N–H and O–H groups in total. The van der Waals surface area contributed by atoms with Gasteiger partial charge in [-0.25, -0.2) is 12.7 Å². The summed E-state index contributed by atoms with van der Waals surface area (Å²) in [7, 11) is 2.35. The van der Waals surface area contributed by atoms with Crippen LogP contribution in [0.2, 0.25) is 5.02 Å². The summed E-state index contributed by atoms with van der Waals surface area (Å²) in [4.78, 5) is 13.1. The molecular weight excluding hydrogens is 276 g/mol. The van der Waals surface area contributed by atoms with Gasteiger partial charge in [0.1, 0.15) is 4.90 Å². The molecule has 1 amide bonds. The third-order valence-electron chi connectivity index (χ3n) is 2.34. The van der Waals surface area contributed by atoms with Crippen LogP contribution in [-0.2, 0) is 10.0 Å². The Bertz CT molecular complexity index is 568. The van der Waals surface area contributed by atoms with E-state index in [2.05, 4.69) is 0 Å². The van der Waals surface area contributed by atoms with Crippen molar-refractivity contribution in [1.82, 2.24) is 9.21 Å². The summed E-state index contributed by atoms with van der Waals surface area (Å²) in [5.74, 6) is -0.276. The lowest BCUT2D eigenvalue weighted by Gasteiger charge is -2.15. The Kier molecular flexibility index (Phi) is 4.37. The number of nitrogens with zero attached hydrogens (tertiary/aromatic N) is 2. The minimum absolute atomic E-state index is 0.0677. The van der Waals surface area contributed by atoms with Crippen molar-refractivity contribution in [2.45, 2.75) is 4.90 Å². The molecule has 0 aliphatic rings. The molecule has 7 heteroatoms. The lowest BCUT2D eigenvalue weighted by atomic mass is 10.2. The maximum absolute atomic E-state index is 12.0. The number of carbonyl (C=O) groups is 1. The van der Waals surface area contributed by atoms with Gasteiger partial charge in [-0.3, -0.25) is 4.79 Å². The summed E-state index contributed by atoms with van der Waals surface area (Å²) in [5.41, 5.74) is 0.282. The van der Waals surface area contributed by atoms with Crippen LogP contribution in [0.25, 0.3) is 0 Å². The molecule has 0 saturated heterocycles. The van der Waals surface area contributed by atoms with Crippen molar-refractivity contribution in [3.05, 3.63) is 28.8 Å². The second-order valence-corrected chi connectivity index (χ2v) is 6.66.